The number of fused-ring (bicyclic) bond motifs is 1. The van der Waals surface area contributed by atoms with E-state index in [4.69, 9.17) is 29.4 Å². The molecule has 2 aliphatic rings. The largest absolute Gasteiger partial charge is 0.494 e. The van der Waals surface area contributed by atoms with Crippen molar-refractivity contribution in [3.05, 3.63) is 24.0 Å². The van der Waals surface area contributed by atoms with E-state index in [0.29, 0.717) is 75.8 Å². The molecule has 0 atom stereocenters. The Morgan fingerprint density at radius 2 is 1.74 bits per heavy atom. The minimum Gasteiger partial charge on any atom is -0.494 e. The maximum atomic E-state index is 11.9. The zero-order valence-corrected chi connectivity index (χ0v) is 21.0. The van der Waals surface area contributed by atoms with Crippen LogP contribution in [0.15, 0.2) is 18.2 Å². The van der Waals surface area contributed by atoms with Crippen LogP contribution in [0.25, 0.3) is 17.0 Å². The molecule has 2 aliphatic heterocycles. The number of methoxy groups -OCH3 is 1. The first-order valence-corrected chi connectivity index (χ1v) is 13.5. The standard InChI is InChI=1S/C22H30N8O4S/c1-15-23-19-17(5-4-6-18(19)33-2)30(15)22-26-20(25-21(27-22)28-11-13-34-14-12-28)24-16-7-9-29(10-8-16)35(3,31)32/h4-6,16H,7-14H2,1-3H3,(H,24,25,26,27). The molecule has 4 heterocycles. The lowest BCUT2D eigenvalue weighted by atomic mass is 10.1. The number of hydrogen-bond donors (Lipinski definition) is 1. The monoisotopic (exact) mass is 502 g/mol. The molecule has 2 aromatic heterocycles. The Morgan fingerprint density at radius 3 is 2.43 bits per heavy atom. The van der Waals surface area contributed by atoms with Crippen LogP contribution in [0.1, 0.15) is 18.7 Å². The van der Waals surface area contributed by atoms with Crippen LogP contribution < -0.4 is 15.0 Å². The van der Waals surface area contributed by atoms with Crippen LogP contribution in [-0.4, -0.2) is 96.0 Å². The summed E-state index contributed by atoms with van der Waals surface area (Å²) in [4.78, 5) is 21.1. The molecule has 0 unspecified atom stereocenters. The third kappa shape index (κ3) is 4.88. The number of anilines is 2. The normalized spacial score (nSPS) is 18.2. The van der Waals surface area contributed by atoms with Gasteiger partial charge in [-0.3, -0.25) is 4.57 Å². The van der Waals surface area contributed by atoms with Crippen molar-refractivity contribution in [1.82, 2.24) is 28.8 Å². The number of rotatable bonds is 6. The molecule has 35 heavy (non-hydrogen) atoms. The van der Waals surface area contributed by atoms with Gasteiger partial charge >= 0.3 is 0 Å². The van der Waals surface area contributed by atoms with E-state index in [0.717, 1.165) is 16.9 Å². The molecule has 12 nitrogen and oxygen atoms in total. The quantitative estimate of drug-likeness (QED) is 0.525. The molecule has 0 aliphatic carbocycles. The fourth-order valence-electron chi connectivity index (χ4n) is 4.54. The van der Waals surface area contributed by atoms with E-state index in [9.17, 15) is 8.42 Å². The highest BCUT2D eigenvalue weighted by molar-refractivity contribution is 7.88. The number of benzene rings is 1. The van der Waals surface area contributed by atoms with Crippen molar-refractivity contribution < 1.29 is 17.9 Å². The van der Waals surface area contributed by atoms with Gasteiger partial charge in [-0.25, -0.2) is 17.7 Å². The van der Waals surface area contributed by atoms with Gasteiger partial charge in [-0.15, -0.1) is 0 Å². The lowest BCUT2D eigenvalue weighted by molar-refractivity contribution is 0.122. The molecule has 2 fully saturated rings. The lowest BCUT2D eigenvalue weighted by Crippen LogP contribution is -2.42. The van der Waals surface area contributed by atoms with Crippen LogP contribution in [0.5, 0.6) is 5.75 Å². The Labute approximate surface area is 204 Å². The summed E-state index contributed by atoms with van der Waals surface area (Å²) in [5, 5.41) is 3.42. The van der Waals surface area contributed by atoms with Gasteiger partial charge in [0.1, 0.15) is 17.1 Å². The molecular formula is C22H30N8O4S. The second kappa shape index (κ2) is 9.55. The molecule has 1 aromatic carbocycles. The molecule has 2 saturated heterocycles. The second-order valence-corrected chi connectivity index (χ2v) is 10.7. The van der Waals surface area contributed by atoms with Crippen LogP contribution >= 0.6 is 0 Å². The van der Waals surface area contributed by atoms with Crippen molar-refractivity contribution in [2.24, 2.45) is 0 Å². The zero-order chi connectivity index (χ0) is 24.6. The molecule has 188 valence electrons. The van der Waals surface area contributed by atoms with Crippen LogP contribution in [0.3, 0.4) is 0 Å². The number of hydrogen-bond acceptors (Lipinski definition) is 10. The summed E-state index contributed by atoms with van der Waals surface area (Å²) in [5.74, 6) is 2.90. The molecule has 3 aromatic rings. The number of piperidine rings is 1. The van der Waals surface area contributed by atoms with Crippen molar-refractivity contribution in [3.63, 3.8) is 0 Å². The molecule has 13 heteroatoms. The van der Waals surface area contributed by atoms with Gasteiger partial charge in [0.25, 0.3) is 0 Å². The number of ether oxygens (including phenoxy) is 2. The average molecular weight is 503 g/mol. The number of nitrogens with one attached hydrogen (secondary N) is 1. The molecule has 0 spiro atoms. The molecule has 0 amide bonds. The van der Waals surface area contributed by atoms with Crippen molar-refractivity contribution >= 4 is 33.0 Å². The molecule has 0 saturated carbocycles. The third-order valence-corrected chi connectivity index (χ3v) is 7.70. The van der Waals surface area contributed by atoms with Gasteiger partial charge in [-0.05, 0) is 31.9 Å². The Balaban J connectivity index is 1.51. The summed E-state index contributed by atoms with van der Waals surface area (Å²) in [5.41, 5.74) is 1.58. The van der Waals surface area contributed by atoms with Crippen molar-refractivity contribution in [1.29, 1.82) is 0 Å². The number of sulfonamides is 1. The number of aromatic nitrogens is 5. The minimum absolute atomic E-state index is 0.0570. The topological polar surface area (TPSA) is 128 Å². The van der Waals surface area contributed by atoms with E-state index in [1.54, 1.807) is 7.11 Å². The SMILES string of the molecule is COc1cccc2c1nc(C)n2-c1nc(NC2CCN(S(C)(=O)=O)CC2)nc(N2CCOCC2)n1. The van der Waals surface area contributed by atoms with Crippen molar-refractivity contribution in [2.45, 2.75) is 25.8 Å². The molecule has 0 bridgehead atoms. The number of para-hydroxylation sites is 1. The van der Waals surface area contributed by atoms with Crippen LogP contribution in [0, 0.1) is 6.92 Å². The highest BCUT2D eigenvalue weighted by Gasteiger charge is 2.26. The summed E-state index contributed by atoms with van der Waals surface area (Å²) in [7, 11) is -1.56. The maximum Gasteiger partial charge on any atom is 0.242 e. The fraction of sp³-hybridized carbons (Fsp3) is 0.545. The van der Waals surface area contributed by atoms with Gasteiger partial charge in [0.2, 0.25) is 27.9 Å². The average Bonchev–Trinajstić information content (AvgIpc) is 3.20. The van der Waals surface area contributed by atoms with Gasteiger partial charge in [0.05, 0.1) is 32.1 Å². The Kier molecular flexibility index (Phi) is 6.47. The van der Waals surface area contributed by atoms with E-state index >= 15 is 0 Å². The van der Waals surface area contributed by atoms with Crippen molar-refractivity contribution in [3.8, 4) is 11.7 Å². The minimum atomic E-state index is -3.19. The molecule has 5 rings (SSSR count). The van der Waals surface area contributed by atoms with Crippen LogP contribution in [0.4, 0.5) is 11.9 Å². The first kappa shape index (κ1) is 23.7. The second-order valence-electron chi connectivity index (χ2n) is 8.76. The fourth-order valence-corrected chi connectivity index (χ4v) is 5.42. The molecule has 0 radical (unpaired) electrons. The Hall–Kier alpha value is -3.03. The highest BCUT2D eigenvalue weighted by Crippen LogP contribution is 2.28. The summed E-state index contributed by atoms with van der Waals surface area (Å²) < 4.78 is 38.2. The van der Waals surface area contributed by atoms with Gasteiger partial charge < -0.3 is 19.7 Å². The third-order valence-electron chi connectivity index (χ3n) is 6.40. The van der Waals surface area contributed by atoms with E-state index in [-0.39, 0.29) is 6.04 Å². The van der Waals surface area contributed by atoms with Crippen LogP contribution in [-0.2, 0) is 14.8 Å². The van der Waals surface area contributed by atoms with Gasteiger partial charge in [0.15, 0.2) is 0 Å². The van der Waals surface area contributed by atoms with E-state index in [1.807, 2.05) is 29.7 Å². The summed E-state index contributed by atoms with van der Waals surface area (Å²) in [6.45, 7) is 5.44. The van der Waals surface area contributed by atoms with Gasteiger partial charge in [-0.2, -0.15) is 15.0 Å². The van der Waals surface area contributed by atoms with Crippen LogP contribution in [0.2, 0.25) is 0 Å². The lowest BCUT2D eigenvalue weighted by Gasteiger charge is -2.31. The van der Waals surface area contributed by atoms with Gasteiger partial charge in [0, 0.05) is 32.2 Å². The predicted octanol–water partition coefficient (Wildman–Crippen LogP) is 1.20. The Bertz CT molecular complexity index is 1310. The number of aryl methyl sites for hydroxylation is 1. The molecular weight excluding hydrogens is 472 g/mol. The summed E-state index contributed by atoms with van der Waals surface area (Å²) in [6.07, 6.45) is 2.59. The highest BCUT2D eigenvalue weighted by atomic mass is 32.2. The molecule has 1 N–H and O–H groups in total. The first-order valence-electron chi connectivity index (χ1n) is 11.7. The maximum absolute atomic E-state index is 11.9. The number of imidazole rings is 1. The first-order chi connectivity index (χ1) is 16.8. The Morgan fingerprint density at radius 1 is 1.03 bits per heavy atom. The number of morpholine rings is 1. The smallest absolute Gasteiger partial charge is 0.242 e. The van der Waals surface area contributed by atoms with E-state index < -0.39 is 10.0 Å². The van der Waals surface area contributed by atoms with E-state index in [1.165, 1.54) is 10.6 Å². The zero-order valence-electron chi connectivity index (χ0n) is 20.1. The van der Waals surface area contributed by atoms with Gasteiger partial charge in [-0.1, -0.05) is 6.07 Å². The predicted molar refractivity (Wildman–Crippen MR) is 132 cm³/mol. The number of nitrogens with zero attached hydrogens (tertiary/aromatic N) is 7. The van der Waals surface area contributed by atoms with E-state index in [2.05, 4.69) is 10.2 Å². The van der Waals surface area contributed by atoms with Crippen molar-refractivity contribution in [2.75, 3.05) is 63.0 Å². The summed E-state index contributed by atoms with van der Waals surface area (Å²) >= 11 is 0. The summed E-state index contributed by atoms with van der Waals surface area (Å²) in [6, 6.07) is 5.81.